The van der Waals surface area contributed by atoms with Gasteiger partial charge in [-0.15, -0.1) is 0 Å². The summed E-state index contributed by atoms with van der Waals surface area (Å²) in [5.41, 5.74) is 6.88. The molecular weight excluding hydrogens is 202 g/mol. The van der Waals surface area contributed by atoms with Crippen molar-refractivity contribution in [1.29, 1.82) is 0 Å². The van der Waals surface area contributed by atoms with Crippen LogP contribution in [0.3, 0.4) is 0 Å². The molecule has 1 heterocycles. The molecule has 1 atom stereocenters. The van der Waals surface area contributed by atoms with Gasteiger partial charge in [-0.1, -0.05) is 30.3 Å². The van der Waals surface area contributed by atoms with Gasteiger partial charge in [-0.05, 0) is 18.6 Å². The van der Waals surface area contributed by atoms with Gasteiger partial charge in [0.2, 0.25) is 0 Å². The minimum atomic E-state index is -0.234. The van der Waals surface area contributed by atoms with Crippen LogP contribution in [0.5, 0.6) is 0 Å². The normalized spacial score (nSPS) is 12.6. The molecule has 0 saturated heterocycles. The van der Waals surface area contributed by atoms with Crippen molar-refractivity contribution in [2.24, 2.45) is 5.73 Å². The summed E-state index contributed by atoms with van der Waals surface area (Å²) >= 11 is 0. The Labute approximate surface area is 94.5 Å². The van der Waals surface area contributed by atoms with E-state index in [-0.39, 0.29) is 12.6 Å². The summed E-state index contributed by atoms with van der Waals surface area (Å²) in [6.45, 7) is 0.0720. The highest BCUT2D eigenvalue weighted by molar-refractivity contribution is 5.57. The lowest BCUT2D eigenvalue weighted by atomic mass is 10.2. The van der Waals surface area contributed by atoms with E-state index in [4.69, 9.17) is 15.3 Å². The molecule has 1 aromatic heterocycles. The zero-order valence-electron chi connectivity index (χ0n) is 8.97. The number of hydrogen-bond acceptors (Lipinski definition) is 3. The van der Waals surface area contributed by atoms with Gasteiger partial charge in [0.05, 0.1) is 6.04 Å². The fourth-order valence-electron chi connectivity index (χ4n) is 1.59. The topological polar surface area (TPSA) is 59.4 Å². The smallest absolute Gasteiger partial charge is 0.134 e. The molecule has 0 bridgehead atoms. The summed E-state index contributed by atoms with van der Waals surface area (Å²) in [5.74, 6) is 1.52. The summed E-state index contributed by atoms with van der Waals surface area (Å²) in [7, 11) is 0. The maximum Gasteiger partial charge on any atom is 0.134 e. The Morgan fingerprint density at radius 2 is 1.88 bits per heavy atom. The molecule has 0 radical (unpaired) electrons. The minimum absolute atomic E-state index is 0.0720. The molecule has 16 heavy (non-hydrogen) atoms. The van der Waals surface area contributed by atoms with E-state index in [1.54, 1.807) is 0 Å². The van der Waals surface area contributed by atoms with Crippen molar-refractivity contribution in [2.45, 2.75) is 12.5 Å². The first-order chi connectivity index (χ1) is 7.81. The Morgan fingerprint density at radius 3 is 2.56 bits per heavy atom. The van der Waals surface area contributed by atoms with Crippen molar-refractivity contribution in [1.82, 2.24) is 0 Å². The monoisotopic (exact) mass is 217 g/mol. The standard InChI is InChI=1S/C13H15NO2/c14-11(8-9-15)13-7-6-12(16-13)10-4-2-1-3-5-10/h1-7,11,15H,8-9,14H2. The van der Waals surface area contributed by atoms with E-state index in [1.165, 1.54) is 0 Å². The summed E-state index contributed by atoms with van der Waals surface area (Å²) in [4.78, 5) is 0. The molecule has 3 N–H and O–H groups in total. The van der Waals surface area contributed by atoms with E-state index >= 15 is 0 Å². The van der Waals surface area contributed by atoms with Crippen LogP contribution in [0.1, 0.15) is 18.2 Å². The molecule has 0 aliphatic heterocycles. The second-order valence-electron chi connectivity index (χ2n) is 3.69. The van der Waals surface area contributed by atoms with E-state index < -0.39 is 0 Å². The summed E-state index contributed by atoms with van der Waals surface area (Å²) in [6.07, 6.45) is 0.516. The lowest BCUT2D eigenvalue weighted by molar-refractivity contribution is 0.269. The van der Waals surface area contributed by atoms with Gasteiger partial charge < -0.3 is 15.3 Å². The van der Waals surface area contributed by atoms with Gasteiger partial charge in [-0.2, -0.15) is 0 Å². The molecule has 0 aliphatic rings. The first-order valence-corrected chi connectivity index (χ1v) is 5.33. The Kier molecular flexibility index (Phi) is 3.39. The van der Waals surface area contributed by atoms with Crippen LogP contribution < -0.4 is 5.73 Å². The van der Waals surface area contributed by atoms with Crippen LogP contribution in [0.25, 0.3) is 11.3 Å². The van der Waals surface area contributed by atoms with Crippen LogP contribution in [0.15, 0.2) is 46.9 Å². The summed E-state index contributed by atoms with van der Waals surface area (Å²) in [5, 5.41) is 8.80. The second-order valence-corrected chi connectivity index (χ2v) is 3.69. The Balaban J connectivity index is 2.20. The van der Waals surface area contributed by atoms with Crippen molar-refractivity contribution in [3.05, 3.63) is 48.2 Å². The van der Waals surface area contributed by atoms with Gasteiger partial charge in [-0.25, -0.2) is 0 Å². The van der Waals surface area contributed by atoms with Gasteiger partial charge in [0.15, 0.2) is 0 Å². The molecule has 1 unspecified atom stereocenters. The van der Waals surface area contributed by atoms with Crippen molar-refractivity contribution >= 4 is 0 Å². The van der Waals surface area contributed by atoms with E-state index in [2.05, 4.69) is 0 Å². The van der Waals surface area contributed by atoms with Gasteiger partial charge in [0.1, 0.15) is 11.5 Å². The highest BCUT2D eigenvalue weighted by Gasteiger charge is 2.10. The molecule has 3 heteroatoms. The number of hydrogen-bond donors (Lipinski definition) is 2. The third-order valence-corrected chi connectivity index (χ3v) is 2.49. The Bertz CT molecular complexity index is 436. The van der Waals surface area contributed by atoms with Crippen LogP contribution in [0.4, 0.5) is 0 Å². The van der Waals surface area contributed by atoms with E-state index in [0.29, 0.717) is 12.2 Å². The van der Waals surface area contributed by atoms with Gasteiger partial charge in [-0.3, -0.25) is 0 Å². The number of aliphatic hydroxyl groups excluding tert-OH is 1. The van der Waals surface area contributed by atoms with E-state index in [1.807, 2.05) is 42.5 Å². The second kappa shape index (κ2) is 4.96. The van der Waals surface area contributed by atoms with Gasteiger partial charge in [0, 0.05) is 12.2 Å². The Morgan fingerprint density at radius 1 is 1.12 bits per heavy atom. The molecule has 0 saturated carbocycles. The molecular formula is C13H15NO2. The van der Waals surface area contributed by atoms with Crippen LogP contribution in [0, 0.1) is 0 Å². The lowest BCUT2D eigenvalue weighted by Crippen LogP contribution is -2.10. The third-order valence-electron chi connectivity index (χ3n) is 2.49. The number of furan rings is 1. The first kappa shape index (κ1) is 10.9. The Hall–Kier alpha value is -1.58. The molecule has 0 spiro atoms. The highest BCUT2D eigenvalue weighted by atomic mass is 16.3. The molecule has 1 aromatic carbocycles. The molecule has 0 amide bonds. The van der Waals surface area contributed by atoms with Crippen molar-refractivity contribution < 1.29 is 9.52 Å². The highest BCUT2D eigenvalue weighted by Crippen LogP contribution is 2.25. The largest absolute Gasteiger partial charge is 0.459 e. The maximum absolute atomic E-state index is 8.80. The van der Waals surface area contributed by atoms with E-state index in [0.717, 1.165) is 11.3 Å². The van der Waals surface area contributed by atoms with Crippen LogP contribution in [0.2, 0.25) is 0 Å². The summed E-state index contributed by atoms with van der Waals surface area (Å²) < 4.78 is 5.65. The number of aliphatic hydroxyl groups is 1. The van der Waals surface area contributed by atoms with Crippen LogP contribution in [-0.2, 0) is 0 Å². The lowest BCUT2D eigenvalue weighted by Gasteiger charge is -2.05. The average Bonchev–Trinajstić information content (AvgIpc) is 2.80. The zero-order valence-corrected chi connectivity index (χ0v) is 8.97. The predicted octanol–water partition coefficient (Wildman–Crippen LogP) is 2.33. The minimum Gasteiger partial charge on any atom is -0.459 e. The molecule has 0 fully saturated rings. The van der Waals surface area contributed by atoms with E-state index in [9.17, 15) is 0 Å². The predicted molar refractivity (Wildman–Crippen MR) is 62.8 cm³/mol. The van der Waals surface area contributed by atoms with Crippen LogP contribution in [-0.4, -0.2) is 11.7 Å². The van der Waals surface area contributed by atoms with Crippen molar-refractivity contribution in [3.63, 3.8) is 0 Å². The molecule has 3 nitrogen and oxygen atoms in total. The molecule has 0 aliphatic carbocycles. The molecule has 2 rings (SSSR count). The SMILES string of the molecule is NC(CCO)c1ccc(-c2ccccc2)o1. The zero-order chi connectivity index (χ0) is 11.4. The molecule has 84 valence electrons. The van der Waals surface area contributed by atoms with Crippen LogP contribution >= 0.6 is 0 Å². The number of nitrogens with two attached hydrogens (primary N) is 1. The number of benzene rings is 1. The first-order valence-electron chi connectivity index (χ1n) is 5.33. The number of rotatable bonds is 4. The third kappa shape index (κ3) is 2.32. The molecule has 2 aromatic rings. The average molecular weight is 217 g/mol. The van der Waals surface area contributed by atoms with Gasteiger partial charge in [0.25, 0.3) is 0 Å². The van der Waals surface area contributed by atoms with Gasteiger partial charge >= 0.3 is 0 Å². The van der Waals surface area contributed by atoms with Crippen molar-refractivity contribution in [2.75, 3.05) is 6.61 Å². The summed E-state index contributed by atoms with van der Waals surface area (Å²) in [6, 6.07) is 13.4. The maximum atomic E-state index is 8.80. The fraction of sp³-hybridized carbons (Fsp3) is 0.231. The van der Waals surface area contributed by atoms with Crippen molar-refractivity contribution in [3.8, 4) is 11.3 Å². The fourth-order valence-corrected chi connectivity index (χ4v) is 1.59. The quantitative estimate of drug-likeness (QED) is 0.826.